The molecule has 4 rings (SSSR count). The molecule has 0 saturated carbocycles. The number of pyridine rings is 3. The second kappa shape index (κ2) is 10.8. The normalized spacial score (nSPS) is 10.7. The molecule has 180 valence electrons. The second-order valence-electron chi connectivity index (χ2n) is 7.02. The van der Waals surface area contributed by atoms with Crippen molar-refractivity contribution >= 4 is 45.6 Å². The predicted octanol–water partition coefficient (Wildman–Crippen LogP) is 4.32. The van der Waals surface area contributed by atoms with E-state index in [1.54, 1.807) is 24.4 Å². The molecule has 0 unspecified atom stereocenters. The Hall–Kier alpha value is -3.54. The Bertz CT molecular complexity index is 1420. The van der Waals surface area contributed by atoms with Crippen LogP contribution in [-0.2, 0) is 13.2 Å². The molecule has 0 atom stereocenters. The smallest absolute Gasteiger partial charge is 0.296 e. The first-order valence-corrected chi connectivity index (χ1v) is 11.8. The van der Waals surface area contributed by atoms with Crippen LogP contribution in [0.25, 0.3) is 11.1 Å². The van der Waals surface area contributed by atoms with Crippen LogP contribution < -0.4 is 20.3 Å². The van der Waals surface area contributed by atoms with Crippen molar-refractivity contribution < 1.29 is 14.3 Å². The first-order chi connectivity index (χ1) is 16.9. The zero-order valence-corrected chi connectivity index (χ0v) is 20.8. The zero-order chi connectivity index (χ0) is 24.9. The third-order valence-electron chi connectivity index (χ3n) is 4.81. The average Bonchev–Trinajstić information content (AvgIpc) is 3.30. The van der Waals surface area contributed by atoms with Gasteiger partial charge in [-0.25, -0.2) is 4.98 Å². The molecule has 0 fully saturated rings. The molecular weight excluding hydrogens is 515 g/mol. The fourth-order valence-corrected chi connectivity index (χ4v) is 3.98. The van der Waals surface area contributed by atoms with Crippen molar-refractivity contribution in [3.05, 3.63) is 74.6 Å². The molecule has 0 radical (unpaired) electrons. The summed E-state index contributed by atoms with van der Waals surface area (Å²) in [5.41, 5.74) is 1.39. The lowest BCUT2D eigenvalue weighted by Gasteiger charge is -2.14. The van der Waals surface area contributed by atoms with E-state index in [1.165, 1.54) is 30.1 Å². The van der Waals surface area contributed by atoms with E-state index in [4.69, 9.17) is 32.7 Å². The Morgan fingerprint density at radius 1 is 1.14 bits per heavy atom. The highest BCUT2D eigenvalue weighted by Crippen LogP contribution is 2.33. The van der Waals surface area contributed by atoms with Crippen molar-refractivity contribution in [1.29, 1.82) is 0 Å². The molecule has 10 nitrogen and oxygen atoms in total. The molecule has 0 aliphatic heterocycles. The Morgan fingerprint density at radius 3 is 2.69 bits per heavy atom. The summed E-state index contributed by atoms with van der Waals surface area (Å²) in [6, 6.07) is 6.25. The van der Waals surface area contributed by atoms with Crippen LogP contribution in [0.3, 0.4) is 0 Å². The van der Waals surface area contributed by atoms with Gasteiger partial charge in [0.15, 0.2) is 0 Å². The quantitative estimate of drug-likeness (QED) is 0.333. The molecule has 4 aromatic heterocycles. The number of amides is 1. The molecule has 0 aliphatic carbocycles. The van der Waals surface area contributed by atoms with Gasteiger partial charge in [-0.15, -0.1) is 5.10 Å². The van der Waals surface area contributed by atoms with Crippen LogP contribution >= 0.6 is 34.5 Å². The largest absolute Gasteiger partial charge is 0.494 e. The molecule has 4 heterocycles. The van der Waals surface area contributed by atoms with Gasteiger partial charge in [0.2, 0.25) is 5.13 Å². The summed E-state index contributed by atoms with van der Waals surface area (Å²) in [4.78, 5) is 33.9. The Labute approximate surface area is 213 Å². The lowest BCUT2D eigenvalue weighted by atomic mass is 10.0. The zero-order valence-electron chi connectivity index (χ0n) is 18.5. The molecule has 0 bridgehead atoms. The number of nitrogens with one attached hydrogen (secondary N) is 1. The highest BCUT2D eigenvalue weighted by atomic mass is 35.5. The number of rotatable bonds is 8. The SMILES string of the molecule is CCn1cc(-c2cc(Cl)ncc2OC)c(C(=O)Nc2nnc(OCc3ccc(Cl)cn3)s2)cc1=O. The number of halogens is 2. The van der Waals surface area contributed by atoms with Crippen LogP contribution in [0.2, 0.25) is 10.2 Å². The molecule has 0 spiro atoms. The summed E-state index contributed by atoms with van der Waals surface area (Å²) in [7, 11) is 1.48. The van der Waals surface area contributed by atoms with Gasteiger partial charge in [-0.2, -0.15) is 0 Å². The number of hydrogen-bond acceptors (Lipinski definition) is 9. The second-order valence-corrected chi connectivity index (χ2v) is 8.78. The van der Waals surface area contributed by atoms with E-state index >= 15 is 0 Å². The minimum Gasteiger partial charge on any atom is -0.494 e. The molecule has 1 amide bonds. The fourth-order valence-electron chi connectivity index (χ4n) is 3.12. The number of hydrogen-bond donors (Lipinski definition) is 1. The summed E-state index contributed by atoms with van der Waals surface area (Å²) in [5.74, 6) is -0.162. The molecule has 4 aromatic rings. The Balaban J connectivity index is 1.59. The van der Waals surface area contributed by atoms with Crippen molar-refractivity contribution in [3.8, 4) is 22.1 Å². The van der Waals surface area contributed by atoms with Gasteiger partial charge < -0.3 is 14.0 Å². The van der Waals surface area contributed by atoms with Crippen LogP contribution in [0, 0.1) is 0 Å². The fraction of sp³-hybridized carbons (Fsp3) is 0.182. The van der Waals surface area contributed by atoms with Crippen LogP contribution in [0.15, 0.2) is 47.7 Å². The summed E-state index contributed by atoms with van der Waals surface area (Å²) in [6.45, 7) is 2.39. The molecular formula is C22H18Cl2N6O4S. The third-order valence-corrected chi connectivity index (χ3v) is 6.00. The molecule has 1 N–H and O–H groups in total. The van der Waals surface area contributed by atoms with Crippen LogP contribution in [-0.4, -0.2) is 37.7 Å². The molecule has 0 aromatic carbocycles. The van der Waals surface area contributed by atoms with Crippen LogP contribution in [0.4, 0.5) is 5.13 Å². The van der Waals surface area contributed by atoms with Crippen LogP contribution in [0.5, 0.6) is 10.9 Å². The van der Waals surface area contributed by atoms with E-state index in [2.05, 4.69) is 25.5 Å². The van der Waals surface area contributed by atoms with Crippen molar-refractivity contribution in [3.63, 3.8) is 0 Å². The number of anilines is 1. The predicted molar refractivity (Wildman–Crippen MR) is 133 cm³/mol. The van der Waals surface area contributed by atoms with Gasteiger partial charge >= 0.3 is 0 Å². The molecule has 0 saturated heterocycles. The van der Waals surface area contributed by atoms with E-state index < -0.39 is 5.91 Å². The van der Waals surface area contributed by atoms with E-state index in [-0.39, 0.29) is 33.2 Å². The number of aromatic nitrogens is 5. The average molecular weight is 533 g/mol. The maximum Gasteiger partial charge on any atom is 0.296 e. The van der Waals surface area contributed by atoms with Gasteiger partial charge in [0.05, 0.1) is 29.6 Å². The first-order valence-electron chi connectivity index (χ1n) is 10.2. The maximum atomic E-state index is 13.2. The summed E-state index contributed by atoms with van der Waals surface area (Å²) >= 11 is 13.0. The Morgan fingerprint density at radius 2 is 1.97 bits per heavy atom. The lowest BCUT2D eigenvalue weighted by molar-refractivity contribution is 0.102. The number of aryl methyl sites for hydroxylation is 1. The van der Waals surface area contributed by atoms with Crippen molar-refractivity contribution in [2.75, 3.05) is 12.4 Å². The summed E-state index contributed by atoms with van der Waals surface area (Å²) < 4.78 is 12.5. The molecule has 35 heavy (non-hydrogen) atoms. The minimum atomic E-state index is -0.558. The van der Waals surface area contributed by atoms with Crippen molar-refractivity contribution in [2.24, 2.45) is 0 Å². The topological polar surface area (TPSA) is 121 Å². The number of ether oxygens (including phenoxy) is 2. The van der Waals surface area contributed by atoms with E-state index in [0.29, 0.717) is 34.1 Å². The standard InChI is InChI=1S/C22H18Cl2N6O4S/c1-3-30-10-16(14-6-18(24)26-9-17(14)33-2)15(7-19(30)31)20(32)27-21-28-29-22(35-21)34-11-13-5-4-12(23)8-25-13/h4-10H,3,11H2,1-2H3,(H,27,28,32). The van der Waals surface area contributed by atoms with Gasteiger partial charge in [-0.3, -0.25) is 19.9 Å². The number of carbonyl (C=O) groups excluding carboxylic acids is 1. The van der Waals surface area contributed by atoms with Gasteiger partial charge in [-0.1, -0.05) is 28.3 Å². The highest BCUT2D eigenvalue weighted by molar-refractivity contribution is 7.17. The summed E-state index contributed by atoms with van der Waals surface area (Å²) in [5, 5.41) is 11.7. The Kier molecular flexibility index (Phi) is 7.59. The number of nitrogens with zero attached hydrogens (tertiary/aromatic N) is 5. The van der Waals surface area contributed by atoms with Gasteiger partial charge in [0, 0.05) is 36.1 Å². The van der Waals surface area contributed by atoms with Gasteiger partial charge in [0.1, 0.15) is 17.5 Å². The number of carbonyl (C=O) groups is 1. The first kappa shape index (κ1) is 24.6. The number of methoxy groups -OCH3 is 1. The van der Waals surface area contributed by atoms with Crippen molar-refractivity contribution in [1.82, 2.24) is 24.7 Å². The maximum absolute atomic E-state index is 13.2. The summed E-state index contributed by atoms with van der Waals surface area (Å²) in [6.07, 6.45) is 4.55. The third kappa shape index (κ3) is 5.76. The van der Waals surface area contributed by atoms with E-state index in [9.17, 15) is 9.59 Å². The molecule has 13 heteroatoms. The lowest BCUT2D eigenvalue weighted by Crippen LogP contribution is -2.23. The minimum absolute atomic E-state index is 0.114. The van der Waals surface area contributed by atoms with Gasteiger partial charge in [0.25, 0.3) is 16.7 Å². The molecule has 0 aliphatic rings. The highest BCUT2D eigenvalue weighted by Gasteiger charge is 2.20. The van der Waals surface area contributed by atoms with Gasteiger partial charge in [-0.05, 0) is 36.5 Å². The van der Waals surface area contributed by atoms with E-state index in [1.807, 2.05) is 6.92 Å². The van der Waals surface area contributed by atoms with Crippen molar-refractivity contribution in [2.45, 2.75) is 20.1 Å². The monoisotopic (exact) mass is 532 g/mol. The van der Waals surface area contributed by atoms with E-state index in [0.717, 1.165) is 11.3 Å². The van der Waals surface area contributed by atoms with Crippen LogP contribution in [0.1, 0.15) is 23.0 Å².